The second-order valence-corrected chi connectivity index (χ2v) is 5.36. The summed E-state index contributed by atoms with van der Waals surface area (Å²) in [5.74, 6) is -1.50. The van der Waals surface area contributed by atoms with Crippen LogP contribution in [0.1, 0.15) is 26.3 Å². The van der Waals surface area contributed by atoms with E-state index in [0.29, 0.717) is 15.6 Å². The lowest BCUT2D eigenvalue weighted by Crippen LogP contribution is -2.15. The van der Waals surface area contributed by atoms with Gasteiger partial charge in [-0.1, -0.05) is 15.9 Å². The number of anilines is 1. The summed E-state index contributed by atoms with van der Waals surface area (Å²) >= 11 is 3.19. The maximum atomic E-state index is 12.2. The summed E-state index contributed by atoms with van der Waals surface area (Å²) in [7, 11) is 0. The van der Waals surface area contributed by atoms with Crippen LogP contribution in [0.4, 0.5) is 5.69 Å². The van der Waals surface area contributed by atoms with E-state index < -0.39 is 11.9 Å². The molecule has 0 aliphatic carbocycles. The second kappa shape index (κ2) is 5.97. The Morgan fingerprint density at radius 2 is 1.81 bits per heavy atom. The van der Waals surface area contributed by atoms with Gasteiger partial charge in [-0.25, -0.2) is 4.79 Å². The first-order valence-corrected chi connectivity index (χ1v) is 6.81. The van der Waals surface area contributed by atoms with Gasteiger partial charge in [-0.3, -0.25) is 4.79 Å². The standard InChI is InChI=1S/C15H12BrNO4/c1-8-6-10(18)3-4-11(8)14(19)17-13-5-2-9(16)7-12(13)15(20)21/h2-7,18H,1H3,(H,17,19)(H,20,21). The lowest BCUT2D eigenvalue weighted by molar-refractivity contribution is 0.0698. The third kappa shape index (κ3) is 3.41. The van der Waals surface area contributed by atoms with Gasteiger partial charge in [0.2, 0.25) is 0 Å². The Morgan fingerprint density at radius 1 is 1.10 bits per heavy atom. The fraction of sp³-hybridized carbons (Fsp3) is 0.0667. The van der Waals surface area contributed by atoms with E-state index in [-0.39, 0.29) is 17.0 Å². The summed E-state index contributed by atoms with van der Waals surface area (Å²) in [4.78, 5) is 23.4. The normalized spacial score (nSPS) is 10.2. The first-order chi connectivity index (χ1) is 9.88. The molecule has 0 radical (unpaired) electrons. The first-order valence-electron chi connectivity index (χ1n) is 6.02. The zero-order chi connectivity index (χ0) is 15.6. The van der Waals surface area contributed by atoms with Gasteiger partial charge in [0.25, 0.3) is 5.91 Å². The summed E-state index contributed by atoms with van der Waals surface area (Å²) in [6, 6.07) is 8.93. The minimum absolute atomic E-state index is 0.00541. The first kappa shape index (κ1) is 15.1. The van der Waals surface area contributed by atoms with Crippen molar-refractivity contribution in [2.24, 2.45) is 0 Å². The van der Waals surface area contributed by atoms with E-state index >= 15 is 0 Å². The molecule has 1 amide bonds. The number of aromatic carboxylic acids is 1. The minimum Gasteiger partial charge on any atom is -0.508 e. The molecule has 0 saturated heterocycles. The van der Waals surface area contributed by atoms with Crippen molar-refractivity contribution in [3.05, 3.63) is 57.6 Å². The highest BCUT2D eigenvalue weighted by Gasteiger charge is 2.15. The molecule has 0 atom stereocenters. The third-order valence-corrected chi connectivity index (χ3v) is 3.41. The van der Waals surface area contributed by atoms with Crippen molar-refractivity contribution < 1.29 is 19.8 Å². The van der Waals surface area contributed by atoms with Crippen molar-refractivity contribution in [2.75, 3.05) is 5.32 Å². The highest BCUT2D eigenvalue weighted by Crippen LogP contribution is 2.23. The summed E-state index contributed by atoms with van der Waals surface area (Å²) in [5, 5.41) is 21.1. The van der Waals surface area contributed by atoms with Gasteiger partial charge in [0.1, 0.15) is 5.75 Å². The SMILES string of the molecule is Cc1cc(O)ccc1C(=O)Nc1ccc(Br)cc1C(=O)O. The van der Waals surface area contributed by atoms with Gasteiger partial charge in [-0.05, 0) is 48.9 Å². The number of carboxylic acids is 1. The number of rotatable bonds is 3. The van der Waals surface area contributed by atoms with E-state index in [1.807, 2.05) is 0 Å². The summed E-state index contributed by atoms with van der Waals surface area (Å²) < 4.78 is 0.610. The van der Waals surface area contributed by atoms with Gasteiger partial charge in [-0.15, -0.1) is 0 Å². The van der Waals surface area contributed by atoms with Crippen LogP contribution in [0.2, 0.25) is 0 Å². The zero-order valence-electron chi connectivity index (χ0n) is 11.1. The number of phenolic OH excluding ortho intramolecular Hbond substituents is 1. The number of nitrogens with one attached hydrogen (secondary N) is 1. The minimum atomic E-state index is -1.13. The smallest absolute Gasteiger partial charge is 0.337 e. The van der Waals surface area contributed by atoms with E-state index in [1.165, 1.54) is 30.3 Å². The molecule has 0 aliphatic rings. The zero-order valence-corrected chi connectivity index (χ0v) is 12.6. The Morgan fingerprint density at radius 3 is 2.43 bits per heavy atom. The molecular weight excluding hydrogens is 338 g/mol. The summed E-state index contributed by atoms with van der Waals surface area (Å²) in [5.41, 5.74) is 1.17. The van der Waals surface area contributed by atoms with Gasteiger partial charge in [0.15, 0.2) is 0 Å². The summed E-state index contributed by atoms with van der Waals surface area (Å²) in [6.07, 6.45) is 0. The predicted octanol–water partition coefficient (Wildman–Crippen LogP) is 3.41. The molecule has 2 aromatic carbocycles. The number of benzene rings is 2. The van der Waals surface area contributed by atoms with Gasteiger partial charge in [0.05, 0.1) is 11.3 Å². The lowest BCUT2D eigenvalue weighted by Gasteiger charge is -2.10. The Bertz CT molecular complexity index is 728. The van der Waals surface area contributed by atoms with Crippen LogP contribution in [0, 0.1) is 6.92 Å². The number of phenols is 1. The van der Waals surface area contributed by atoms with Gasteiger partial charge < -0.3 is 15.5 Å². The molecular formula is C15H12BrNO4. The van der Waals surface area contributed by atoms with Gasteiger partial charge in [-0.2, -0.15) is 0 Å². The Labute approximate surface area is 129 Å². The molecule has 0 aromatic heterocycles. The second-order valence-electron chi connectivity index (χ2n) is 4.45. The monoisotopic (exact) mass is 349 g/mol. The number of carboxylic acid groups (broad SMARTS) is 1. The number of hydrogen-bond donors (Lipinski definition) is 3. The number of aryl methyl sites for hydroxylation is 1. The van der Waals surface area contributed by atoms with Crippen LogP contribution >= 0.6 is 15.9 Å². The topological polar surface area (TPSA) is 86.6 Å². The van der Waals surface area contributed by atoms with Crippen molar-refractivity contribution >= 4 is 33.5 Å². The van der Waals surface area contributed by atoms with E-state index in [9.17, 15) is 14.7 Å². The van der Waals surface area contributed by atoms with Crippen molar-refractivity contribution in [3.8, 4) is 5.75 Å². The molecule has 3 N–H and O–H groups in total. The third-order valence-electron chi connectivity index (χ3n) is 2.91. The van der Waals surface area contributed by atoms with Crippen LogP contribution < -0.4 is 5.32 Å². The highest BCUT2D eigenvalue weighted by molar-refractivity contribution is 9.10. The average molecular weight is 350 g/mol. The van der Waals surface area contributed by atoms with Gasteiger partial charge >= 0.3 is 5.97 Å². The predicted molar refractivity (Wildman–Crippen MR) is 81.9 cm³/mol. The fourth-order valence-corrected chi connectivity index (χ4v) is 2.26. The number of aromatic hydroxyl groups is 1. The summed E-state index contributed by atoms with van der Waals surface area (Å²) in [6.45, 7) is 1.69. The Balaban J connectivity index is 2.34. The van der Waals surface area contributed by atoms with Crippen molar-refractivity contribution in [1.82, 2.24) is 0 Å². The largest absolute Gasteiger partial charge is 0.508 e. The van der Waals surface area contributed by atoms with Crippen LogP contribution in [0.5, 0.6) is 5.75 Å². The molecule has 0 spiro atoms. The molecule has 6 heteroatoms. The molecule has 2 rings (SSSR count). The van der Waals surface area contributed by atoms with E-state index in [2.05, 4.69) is 21.2 Å². The Kier molecular flexibility index (Phi) is 4.28. The average Bonchev–Trinajstić information content (AvgIpc) is 2.40. The molecule has 0 bridgehead atoms. The highest BCUT2D eigenvalue weighted by atomic mass is 79.9. The fourth-order valence-electron chi connectivity index (χ4n) is 1.89. The van der Waals surface area contributed by atoms with Crippen molar-refractivity contribution in [1.29, 1.82) is 0 Å². The molecule has 0 fully saturated rings. The molecule has 0 heterocycles. The molecule has 0 aliphatic heterocycles. The van der Waals surface area contributed by atoms with Crippen LogP contribution in [-0.4, -0.2) is 22.1 Å². The Hall–Kier alpha value is -2.34. The van der Waals surface area contributed by atoms with Gasteiger partial charge in [0, 0.05) is 10.0 Å². The van der Waals surface area contributed by atoms with E-state index in [0.717, 1.165) is 0 Å². The molecule has 2 aromatic rings. The van der Waals surface area contributed by atoms with Crippen LogP contribution in [0.15, 0.2) is 40.9 Å². The molecule has 108 valence electrons. The van der Waals surface area contributed by atoms with Crippen molar-refractivity contribution in [2.45, 2.75) is 6.92 Å². The maximum absolute atomic E-state index is 12.2. The van der Waals surface area contributed by atoms with Crippen LogP contribution in [-0.2, 0) is 0 Å². The van der Waals surface area contributed by atoms with Crippen molar-refractivity contribution in [3.63, 3.8) is 0 Å². The number of carbonyl (C=O) groups is 2. The maximum Gasteiger partial charge on any atom is 0.337 e. The molecule has 21 heavy (non-hydrogen) atoms. The number of hydrogen-bond acceptors (Lipinski definition) is 3. The quantitative estimate of drug-likeness (QED) is 0.792. The number of halogens is 1. The molecule has 5 nitrogen and oxygen atoms in total. The number of amides is 1. The molecule has 0 saturated carbocycles. The lowest BCUT2D eigenvalue weighted by atomic mass is 10.1. The van der Waals surface area contributed by atoms with Crippen LogP contribution in [0.25, 0.3) is 0 Å². The van der Waals surface area contributed by atoms with E-state index in [1.54, 1.807) is 13.0 Å². The van der Waals surface area contributed by atoms with Crippen LogP contribution in [0.3, 0.4) is 0 Å². The van der Waals surface area contributed by atoms with E-state index in [4.69, 9.17) is 5.11 Å². The number of carbonyl (C=O) groups excluding carboxylic acids is 1. The molecule has 0 unspecified atom stereocenters.